The summed E-state index contributed by atoms with van der Waals surface area (Å²) in [6.07, 6.45) is 12.8. The van der Waals surface area contributed by atoms with Gasteiger partial charge in [-0.1, -0.05) is 51.9 Å². The Hall–Kier alpha value is 0.730. The zero-order valence-electron chi connectivity index (χ0n) is 12.0. The minimum Gasteiger partial charge on any atom is -1.00 e. The molecule has 0 bridgehead atoms. The van der Waals surface area contributed by atoms with Crippen LogP contribution in [0.15, 0.2) is 0 Å². The minimum atomic E-state index is 0. The predicted molar refractivity (Wildman–Crippen MR) is 78.0 cm³/mol. The van der Waals surface area contributed by atoms with Gasteiger partial charge < -0.3 is 16.9 Å². The van der Waals surface area contributed by atoms with E-state index in [1.165, 1.54) is 64.3 Å². The van der Waals surface area contributed by atoms with Gasteiger partial charge in [-0.2, -0.15) is 0 Å². The van der Waals surface area contributed by atoms with Crippen molar-refractivity contribution in [3.63, 3.8) is 0 Å². The number of halogens is 2. The lowest BCUT2D eigenvalue weighted by Gasteiger charge is -2.26. The van der Waals surface area contributed by atoms with Crippen LogP contribution in [-0.4, -0.2) is 30.6 Å². The summed E-state index contributed by atoms with van der Waals surface area (Å²) in [7, 11) is 4.58. The van der Waals surface area contributed by atoms with Crippen LogP contribution in [0.3, 0.4) is 0 Å². The van der Waals surface area contributed by atoms with E-state index in [0.29, 0.717) is 0 Å². The summed E-state index contributed by atoms with van der Waals surface area (Å²) in [5, 5.41) is 0. The van der Waals surface area contributed by atoms with E-state index in [0.717, 1.165) is 9.94 Å². The molecule has 0 unspecified atom stereocenters. The molecule has 0 fully saturated rings. The second-order valence-electron chi connectivity index (χ2n) is 5.61. The van der Waals surface area contributed by atoms with E-state index in [4.69, 9.17) is 0 Å². The van der Waals surface area contributed by atoms with Crippen molar-refractivity contribution in [2.45, 2.75) is 64.7 Å². The van der Waals surface area contributed by atoms with Crippen LogP contribution >= 0.6 is 15.9 Å². The van der Waals surface area contributed by atoms with Gasteiger partial charge in [0.25, 0.3) is 0 Å². The second kappa shape index (κ2) is 13.2. The van der Waals surface area contributed by atoms with Crippen LogP contribution in [0.2, 0.25) is 0 Å². The molecule has 0 aromatic heterocycles. The van der Waals surface area contributed by atoms with Crippen molar-refractivity contribution in [1.82, 2.24) is 0 Å². The van der Waals surface area contributed by atoms with Gasteiger partial charge in [0, 0.05) is 0 Å². The lowest BCUT2D eigenvalue weighted by atomic mass is 10.1. The van der Waals surface area contributed by atoms with Crippen molar-refractivity contribution in [3.8, 4) is 0 Å². The van der Waals surface area contributed by atoms with E-state index >= 15 is 0 Å². The maximum atomic E-state index is 3.56. The lowest BCUT2D eigenvalue weighted by molar-refractivity contribution is -0.876. The zero-order chi connectivity index (χ0) is 12.3. The average molecular weight is 329 g/mol. The molecular formula is C14H31BrClN. The van der Waals surface area contributed by atoms with Crippen molar-refractivity contribution in [2.75, 3.05) is 26.1 Å². The van der Waals surface area contributed by atoms with Gasteiger partial charge in [0.15, 0.2) is 0 Å². The third-order valence-corrected chi connectivity index (χ3v) is 4.55. The van der Waals surface area contributed by atoms with Gasteiger partial charge in [0.05, 0.1) is 20.6 Å². The van der Waals surface area contributed by atoms with Crippen LogP contribution in [0.25, 0.3) is 0 Å². The molecule has 0 saturated carbocycles. The first-order valence-corrected chi connectivity index (χ1v) is 8.12. The molecule has 0 aromatic carbocycles. The highest BCUT2D eigenvalue weighted by Gasteiger charge is 2.10. The summed E-state index contributed by atoms with van der Waals surface area (Å²) in [5.74, 6) is 0. The molecule has 0 aliphatic rings. The molecule has 0 spiro atoms. The molecule has 0 radical (unpaired) electrons. The summed E-state index contributed by atoms with van der Waals surface area (Å²) in [6, 6.07) is 0. The smallest absolute Gasteiger partial charge is 0.133 e. The van der Waals surface area contributed by atoms with Gasteiger partial charge in [0.2, 0.25) is 0 Å². The topological polar surface area (TPSA) is 0 Å². The summed E-state index contributed by atoms with van der Waals surface area (Å²) in [4.78, 5) is 0. The van der Waals surface area contributed by atoms with E-state index in [-0.39, 0.29) is 12.4 Å². The number of alkyl halides is 1. The molecular weight excluding hydrogens is 298 g/mol. The van der Waals surface area contributed by atoms with Gasteiger partial charge in [-0.25, -0.2) is 0 Å². The number of unbranched alkanes of at least 4 members (excludes halogenated alkanes) is 8. The Balaban J connectivity index is 0. The highest BCUT2D eigenvalue weighted by atomic mass is 79.9. The molecule has 0 atom stereocenters. The summed E-state index contributed by atoms with van der Waals surface area (Å²) in [6.45, 7) is 3.59. The number of rotatable bonds is 11. The Labute approximate surface area is 123 Å². The summed E-state index contributed by atoms with van der Waals surface area (Å²) in [5.41, 5.74) is 1.07. The van der Waals surface area contributed by atoms with Crippen molar-refractivity contribution in [1.29, 1.82) is 0 Å². The first kappa shape index (κ1) is 20.1. The molecule has 0 aliphatic carbocycles. The third-order valence-electron chi connectivity index (χ3n) is 3.19. The van der Waals surface area contributed by atoms with Crippen molar-refractivity contribution in [2.24, 2.45) is 0 Å². The summed E-state index contributed by atoms with van der Waals surface area (Å²) >= 11 is 3.56. The Morgan fingerprint density at radius 3 is 1.59 bits per heavy atom. The Morgan fingerprint density at radius 2 is 1.18 bits per heavy atom. The maximum absolute atomic E-state index is 3.56. The van der Waals surface area contributed by atoms with E-state index in [1.54, 1.807) is 0 Å². The Morgan fingerprint density at radius 1 is 0.765 bits per heavy atom. The lowest BCUT2D eigenvalue weighted by Crippen LogP contribution is -3.00. The number of quaternary nitrogens is 1. The first-order chi connectivity index (χ1) is 7.62. The van der Waals surface area contributed by atoms with E-state index in [2.05, 4.69) is 36.9 Å². The molecule has 106 valence electrons. The van der Waals surface area contributed by atoms with Crippen LogP contribution in [-0.2, 0) is 0 Å². The standard InChI is InChI=1S/C14H31BrN.ClH/c1-4-5-6-7-8-9-10-11-12-13-16(2,3)14-15;/h4-14H2,1-3H3;1H/q+1;/p-1. The normalized spacial score (nSPS) is 11.3. The molecule has 0 heterocycles. The molecule has 0 saturated heterocycles. The van der Waals surface area contributed by atoms with Gasteiger partial charge in [0.1, 0.15) is 5.45 Å². The van der Waals surface area contributed by atoms with Crippen LogP contribution < -0.4 is 12.4 Å². The van der Waals surface area contributed by atoms with E-state index in [9.17, 15) is 0 Å². The number of hydrogen-bond acceptors (Lipinski definition) is 0. The van der Waals surface area contributed by atoms with Crippen molar-refractivity contribution < 1.29 is 16.9 Å². The van der Waals surface area contributed by atoms with E-state index < -0.39 is 0 Å². The fraction of sp³-hybridized carbons (Fsp3) is 1.00. The van der Waals surface area contributed by atoms with Gasteiger partial charge in [-0.3, -0.25) is 0 Å². The Bertz CT molecular complexity index is 151. The molecule has 17 heavy (non-hydrogen) atoms. The molecule has 0 aromatic rings. The van der Waals surface area contributed by atoms with Crippen LogP contribution in [0.1, 0.15) is 64.7 Å². The van der Waals surface area contributed by atoms with E-state index in [1.807, 2.05) is 0 Å². The van der Waals surface area contributed by atoms with Gasteiger partial charge >= 0.3 is 0 Å². The van der Waals surface area contributed by atoms with Crippen molar-refractivity contribution in [3.05, 3.63) is 0 Å². The molecule has 0 N–H and O–H groups in total. The fourth-order valence-corrected chi connectivity index (χ4v) is 2.16. The third kappa shape index (κ3) is 14.7. The average Bonchev–Trinajstić information content (AvgIpc) is 2.27. The van der Waals surface area contributed by atoms with Crippen molar-refractivity contribution >= 4 is 15.9 Å². The van der Waals surface area contributed by atoms with Crippen LogP contribution in [0, 0.1) is 0 Å². The predicted octanol–water partition coefficient (Wildman–Crippen LogP) is 1.95. The Kier molecular flexibility index (Phi) is 15.5. The number of hydrogen-bond donors (Lipinski definition) is 0. The second-order valence-corrected chi connectivity index (χ2v) is 6.11. The summed E-state index contributed by atoms with van der Waals surface area (Å²) < 4.78 is 1.11. The molecule has 0 aliphatic heterocycles. The maximum Gasteiger partial charge on any atom is 0.133 e. The van der Waals surface area contributed by atoms with Crippen LogP contribution in [0.5, 0.6) is 0 Å². The zero-order valence-corrected chi connectivity index (χ0v) is 14.3. The van der Waals surface area contributed by atoms with Crippen LogP contribution in [0.4, 0.5) is 0 Å². The molecule has 0 amide bonds. The quantitative estimate of drug-likeness (QED) is 0.235. The highest BCUT2D eigenvalue weighted by molar-refractivity contribution is 9.09. The SMILES string of the molecule is CCCCCCCCCCC[N+](C)(C)CBr.[Cl-]. The highest BCUT2D eigenvalue weighted by Crippen LogP contribution is 2.11. The van der Waals surface area contributed by atoms with Gasteiger partial charge in [-0.15, -0.1) is 0 Å². The van der Waals surface area contributed by atoms with Gasteiger partial charge in [-0.05, 0) is 28.8 Å². The molecule has 3 heteroatoms. The minimum absolute atomic E-state index is 0. The molecule has 1 nitrogen and oxygen atoms in total. The fourth-order valence-electron chi connectivity index (χ4n) is 1.91. The first-order valence-electron chi connectivity index (χ1n) is 7.00. The number of nitrogens with zero attached hydrogens (tertiary/aromatic N) is 1. The molecule has 0 rings (SSSR count). The largest absolute Gasteiger partial charge is 1.00 e. The monoisotopic (exact) mass is 327 g/mol.